The van der Waals surface area contributed by atoms with E-state index in [1.165, 1.54) is 0 Å². The quantitative estimate of drug-likeness (QED) is 0.930. The zero-order chi connectivity index (χ0) is 14.1. The van der Waals surface area contributed by atoms with Gasteiger partial charge in [0.2, 0.25) is 5.91 Å². The second kappa shape index (κ2) is 5.21. The third kappa shape index (κ3) is 2.39. The summed E-state index contributed by atoms with van der Waals surface area (Å²) in [5.41, 5.74) is 1.85. The predicted molar refractivity (Wildman–Crippen MR) is 80.8 cm³/mol. The van der Waals surface area contributed by atoms with E-state index in [1.807, 2.05) is 35.2 Å². The number of nitrogens with one attached hydrogen (secondary N) is 1. The highest BCUT2D eigenvalue weighted by Gasteiger charge is 2.32. The molecule has 1 atom stereocenters. The third-order valence-electron chi connectivity index (χ3n) is 3.63. The molecule has 104 valence electrons. The van der Waals surface area contributed by atoms with Crippen molar-refractivity contribution in [1.82, 2.24) is 10.3 Å². The predicted octanol–water partition coefficient (Wildman–Crippen LogP) is 2.34. The highest BCUT2D eigenvalue weighted by Crippen LogP contribution is 2.24. The Bertz CT molecular complexity index is 638. The fourth-order valence-corrected chi connectivity index (χ4v) is 2.70. The summed E-state index contributed by atoms with van der Waals surface area (Å²) in [6.07, 6.45) is 2.64. The average molecular weight is 269 g/mol. The van der Waals surface area contributed by atoms with Gasteiger partial charge in [0, 0.05) is 18.0 Å². The molecule has 0 saturated carbocycles. The van der Waals surface area contributed by atoms with Crippen LogP contribution in [-0.2, 0) is 4.79 Å². The van der Waals surface area contributed by atoms with Crippen molar-refractivity contribution in [1.29, 1.82) is 0 Å². The van der Waals surface area contributed by atoms with Crippen molar-refractivity contribution < 1.29 is 4.79 Å². The van der Waals surface area contributed by atoms with Gasteiger partial charge in [-0.3, -0.25) is 9.78 Å². The second-order valence-corrected chi connectivity index (χ2v) is 5.54. The lowest BCUT2D eigenvalue weighted by molar-refractivity contribution is -0.118. The average Bonchev–Trinajstić information content (AvgIpc) is 2.79. The normalized spacial score (nSPS) is 19.2. The Hall–Kier alpha value is -1.94. The molecular formula is C16H19N3O. The molecule has 1 unspecified atom stereocenters. The number of rotatable bonds is 3. The SMILES string of the molecule is CC(C)NC1CCN(c2cnc3ccccc3c2)C1=O. The van der Waals surface area contributed by atoms with E-state index < -0.39 is 0 Å². The minimum atomic E-state index is -0.0681. The number of carbonyl (C=O) groups is 1. The van der Waals surface area contributed by atoms with Crippen LogP contribution in [0.15, 0.2) is 36.5 Å². The zero-order valence-corrected chi connectivity index (χ0v) is 11.8. The Balaban J connectivity index is 1.86. The van der Waals surface area contributed by atoms with Gasteiger partial charge in [0.1, 0.15) is 0 Å². The topological polar surface area (TPSA) is 45.2 Å². The molecule has 0 radical (unpaired) electrons. The number of hydrogen-bond acceptors (Lipinski definition) is 3. The molecule has 1 saturated heterocycles. The van der Waals surface area contributed by atoms with Crippen molar-refractivity contribution in [2.75, 3.05) is 11.4 Å². The van der Waals surface area contributed by atoms with Crippen molar-refractivity contribution in [3.8, 4) is 0 Å². The van der Waals surface area contributed by atoms with Gasteiger partial charge < -0.3 is 10.2 Å². The molecule has 3 rings (SSSR count). The molecule has 0 spiro atoms. The summed E-state index contributed by atoms with van der Waals surface area (Å²) in [6.45, 7) is 4.88. The first-order chi connectivity index (χ1) is 9.65. The minimum Gasteiger partial charge on any atom is -0.309 e. The van der Waals surface area contributed by atoms with Gasteiger partial charge in [-0.25, -0.2) is 0 Å². The molecule has 1 amide bonds. The van der Waals surface area contributed by atoms with Gasteiger partial charge >= 0.3 is 0 Å². The molecule has 20 heavy (non-hydrogen) atoms. The number of benzene rings is 1. The molecule has 1 aliphatic heterocycles. The number of pyridine rings is 1. The molecule has 2 heterocycles. The first-order valence-corrected chi connectivity index (χ1v) is 7.07. The van der Waals surface area contributed by atoms with Crippen LogP contribution in [-0.4, -0.2) is 29.5 Å². The van der Waals surface area contributed by atoms with Crippen molar-refractivity contribution in [3.05, 3.63) is 36.5 Å². The number of hydrogen-bond donors (Lipinski definition) is 1. The fourth-order valence-electron chi connectivity index (χ4n) is 2.70. The molecule has 0 bridgehead atoms. The van der Waals surface area contributed by atoms with Gasteiger partial charge in [-0.05, 0) is 18.6 Å². The number of aromatic nitrogens is 1. The van der Waals surface area contributed by atoms with Gasteiger partial charge in [0.15, 0.2) is 0 Å². The fraction of sp³-hybridized carbons (Fsp3) is 0.375. The van der Waals surface area contributed by atoms with E-state index >= 15 is 0 Å². The summed E-state index contributed by atoms with van der Waals surface area (Å²) in [6, 6.07) is 10.3. The van der Waals surface area contributed by atoms with E-state index in [2.05, 4.69) is 24.1 Å². The second-order valence-electron chi connectivity index (χ2n) is 5.54. The van der Waals surface area contributed by atoms with Crippen LogP contribution in [0.4, 0.5) is 5.69 Å². The Morgan fingerprint density at radius 3 is 2.95 bits per heavy atom. The van der Waals surface area contributed by atoms with E-state index in [9.17, 15) is 4.79 Å². The molecule has 1 N–H and O–H groups in total. The number of fused-ring (bicyclic) bond motifs is 1. The smallest absolute Gasteiger partial charge is 0.244 e. The molecule has 4 nitrogen and oxygen atoms in total. The van der Waals surface area contributed by atoms with Crippen LogP contribution in [0, 0.1) is 0 Å². The summed E-state index contributed by atoms with van der Waals surface area (Å²) >= 11 is 0. The number of amides is 1. The summed E-state index contributed by atoms with van der Waals surface area (Å²) in [5.74, 6) is 0.149. The van der Waals surface area contributed by atoms with Gasteiger partial charge in [-0.1, -0.05) is 32.0 Å². The monoisotopic (exact) mass is 269 g/mol. The van der Waals surface area contributed by atoms with Crippen LogP contribution in [0.5, 0.6) is 0 Å². The zero-order valence-electron chi connectivity index (χ0n) is 11.8. The van der Waals surface area contributed by atoms with Crippen molar-refractivity contribution >= 4 is 22.5 Å². The maximum atomic E-state index is 12.4. The van der Waals surface area contributed by atoms with Crippen LogP contribution in [0.2, 0.25) is 0 Å². The van der Waals surface area contributed by atoms with Gasteiger partial charge in [-0.2, -0.15) is 0 Å². The number of carbonyl (C=O) groups excluding carboxylic acids is 1. The highest BCUT2D eigenvalue weighted by atomic mass is 16.2. The Labute approximate surface area is 118 Å². The van der Waals surface area contributed by atoms with Gasteiger partial charge in [0.25, 0.3) is 0 Å². The maximum absolute atomic E-state index is 12.4. The lowest BCUT2D eigenvalue weighted by atomic mass is 10.2. The number of nitrogens with zero attached hydrogens (tertiary/aromatic N) is 2. The van der Waals surface area contributed by atoms with Crippen LogP contribution < -0.4 is 10.2 Å². The number of anilines is 1. The molecule has 1 fully saturated rings. The van der Waals surface area contributed by atoms with E-state index in [4.69, 9.17) is 0 Å². The molecule has 4 heteroatoms. The molecule has 0 aliphatic carbocycles. The summed E-state index contributed by atoms with van der Waals surface area (Å²) in [4.78, 5) is 18.7. The van der Waals surface area contributed by atoms with Crippen molar-refractivity contribution in [2.45, 2.75) is 32.4 Å². The summed E-state index contributed by atoms with van der Waals surface area (Å²) in [7, 11) is 0. The van der Waals surface area contributed by atoms with E-state index in [0.29, 0.717) is 6.04 Å². The van der Waals surface area contributed by atoms with Crippen molar-refractivity contribution in [2.24, 2.45) is 0 Å². The summed E-state index contributed by atoms with van der Waals surface area (Å²) < 4.78 is 0. The van der Waals surface area contributed by atoms with Gasteiger partial charge in [0.05, 0.1) is 23.4 Å². The molecule has 1 aromatic carbocycles. The summed E-state index contributed by atoms with van der Waals surface area (Å²) in [5, 5.41) is 4.38. The Morgan fingerprint density at radius 1 is 1.35 bits per heavy atom. The Kier molecular flexibility index (Phi) is 3.40. The molecule has 1 aliphatic rings. The third-order valence-corrected chi connectivity index (χ3v) is 3.63. The van der Waals surface area contributed by atoms with E-state index in [1.54, 1.807) is 6.20 Å². The van der Waals surface area contributed by atoms with Crippen LogP contribution in [0.25, 0.3) is 10.9 Å². The maximum Gasteiger partial charge on any atom is 0.244 e. The Morgan fingerprint density at radius 2 is 2.15 bits per heavy atom. The van der Waals surface area contributed by atoms with Crippen molar-refractivity contribution in [3.63, 3.8) is 0 Å². The van der Waals surface area contributed by atoms with Gasteiger partial charge in [-0.15, -0.1) is 0 Å². The van der Waals surface area contributed by atoms with Crippen LogP contribution in [0.1, 0.15) is 20.3 Å². The van der Waals surface area contributed by atoms with E-state index in [0.717, 1.165) is 29.6 Å². The van der Waals surface area contributed by atoms with E-state index in [-0.39, 0.29) is 11.9 Å². The molecule has 2 aromatic rings. The largest absolute Gasteiger partial charge is 0.309 e. The van der Waals surface area contributed by atoms with Crippen LogP contribution in [0.3, 0.4) is 0 Å². The minimum absolute atomic E-state index is 0.0681. The highest BCUT2D eigenvalue weighted by molar-refractivity contribution is 6.00. The standard InChI is InChI=1S/C16H19N3O/c1-11(2)18-15-7-8-19(16(15)20)13-9-12-5-3-4-6-14(12)17-10-13/h3-6,9-11,15,18H,7-8H2,1-2H3. The lowest BCUT2D eigenvalue weighted by Crippen LogP contribution is -2.41. The number of para-hydroxylation sites is 1. The molecule has 1 aromatic heterocycles. The van der Waals surface area contributed by atoms with Crippen LogP contribution >= 0.6 is 0 Å². The first kappa shape index (κ1) is 13.1. The molecular weight excluding hydrogens is 250 g/mol. The first-order valence-electron chi connectivity index (χ1n) is 7.07. The lowest BCUT2D eigenvalue weighted by Gasteiger charge is -2.18.